The minimum absolute atomic E-state index is 0.785. The van der Waals surface area contributed by atoms with Gasteiger partial charge in [-0.1, -0.05) is 12.5 Å². The second-order valence-corrected chi connectivity index (χ2v) is 3.24. The third-order valence-corrected chi connectivity index (χ3v) is 2.09. The van der Waals surface area contributed by atoms with Gasteiger partial charge in [0.05, 0.1) is 0 Å². The van der Waals surface area contributed by atoms with E-state index in [0.717, 1.165) is 18.7 Å². The lowest BCUT2D eigenvalue weighted by atomic mass is 10.1. The van der Waals surface area contributed by atoms with Gasteiger partial charge in [0.15, 0.2) is 0 Å². The molecule has 1 rings (SSSR count). The average molecular weight is 184 g/mol. The van der Waals surface area contributed by atoms with Crippen LogP contribution >= 0.6 is 11.6 Å². The Morgan fingerprint density at radius 1 is 1.25 bits per heavy atom. The molecule has 0 aliphatic rings. The highest BCUT2D eigenvalue weighted by Gasteiger charge is 1.91. The minimum atomic E-state index is 0.785. The number of hydrogen-bond acceptors (Lipinski definition) is 1. The Kier molecular flexibility index (Phi) is 4.77. The van der Waals surface area contributed by atoms with Gasteiger partial charge >= 0.3 is 0 Å². The molecule has 0 saturated heterocycles. The first-order valence-corrected chi connectivity index (χ1v) is 4.92. The molecule has 0 atom stereocenters. The summed E-state index contributed by atoms with van der Waals surface area (Å²) in [6.07, 6.45) is 8.44. The Bertz CT molecular complexity index is 198. The zero-order valence-electron chi connectivity index (χ0n) is 7.17. The van der Waals surface area contributed by atoms with E-state index in [1.165, 1.54) is 18.4 Å². The van der Waals surface area contributed by atoms with Gasteiger partial charge in [-0.15, -0.1) is 11.6 Å². The maximum atomic E-state index is 5.57. The molecule has 0 aliphatic carbocycles. The summed E-state index contributed by atoms with van der Waals surface area (Å²) in [5, 5.41) is 0. The van der Waals surface area contributed by atoms with Crippen molar-refractivity contribution in [1.29, 1.82) is 0 Å². The average Bonchev–Trinajstić information content (AvgIpc) is 2.14. The van der Waals surface area contributed by atoms with Crippen molar-refractivity contribution in [3.63, 3.8) is 0 Å². The fourth-order valence-corrected chi connectivity index (χ4v) is 1.34. The second-order valence-electron chi connectivity index (χ2n) is 2.86. The zero-order valence-corrected chi connectivity index (χ0v) is 7.93. The van der Waals surface area contributed by atoms with Gasteiger partial charge in [0.1, 0.15) is 0 Å². The van der Waals surface area contributed by atoms with E-state index in [1.807, 2.05) is 18.5 Å². The van der Waals surface area contributed by atoms with Crippen LogP contribution in [0.1, 0.15) is 24.8 Å². The second kappa shape index (κ2) is 6.01. The smallest absolute Gasteiger partial charge is 0.0299 e. The molecule has 66 valence electrons. The van der Waals surface area contributed by atoms with Crippen molar-refractivity contribution < 1.29 is 0 Å². The summed E-state index contributed by atoms with van der Waals surface area (Å²) < 4.78 is 0. The molecule has 1 heterocycles. The SMILES string of the molecule is ClCCCCCc1cccnc1. The van der Waals surface area contributed by atoms with Crippen LogP contribution < -0.4 is 0 Å². The van der Waals surface area contributed by atoms with E-state index in [2.05, 4.69) is 11.1 Å². The van der Waals surface area contributed by atoms with Gasteiger partial charge in [-0.25, -0.2) is 0 Å². The fraction of sp³-hybridized carbons (Fsp3) is 0.500. The van der Waals surface area contributed by atoms with Crippen molar-refractivity contribution in [2.45, 2.75) is 25.7 Å². The molecule has 1 aromatic heterocycles. The van der Waals surface area contributed by atoms with Gasteiger partial charge < -0.3 is 0 Å². The van der Waals surface area contributed by atoms with Crippen LogP contribution in [0.2, 0.25) is 0 Å². The van der Waals surface area contributed by atoms with E-state index in [1.54, 1.807) is 0 Å². The zero-order chi connectivity index (χ0) is 8.65. The first-order valence-electron chi connectivity index (χ1n) is 4.38. The summed E-state index contributed by atoms with van der Waals surface area (Å²) in [5.41, 5.74) is 1.33. The molecule has 0 saturated carbocycles. The van der Waals surface area contributed by atoms with Crippen molar-refractivity contribution in [1.82, 2.24) is 4.98 Å². The normalized spacial score (nSPS) is 10.1. The van der Waals surface area contributed by atoms with Crippen LogP contribution in [0.15, 0.2) is 24.5 Å². The first-order chi connectivity index (χ1) is 5.93. The predicted octanol–water partition coefficient (Wildman–Crippen LogP) is 3.03. The van der Waals surface area contributed by atoms with Gasteiger partial charge in [-0.05, 0) is 30.9 Å². The van der Waals surface area contributed by atoms with Gasteiger partial charge in [0, 0.05) is 18.3 Å². The van der Waals surface area contributed by atoms with Crippen LogP contribution in [0.25, 0.3) is 0 Å². The number of nitrogens with zero attached hydrogens (tertiary/aromatic N) is 1. The molecule has 1 aromatic rings. The molecular formula is C10H14ClN. The fourth-order valence-electron chi connectivity index (χ4n) is 1.15. The molecule has 1 nitrogen and oxygen atoms in total. The number of aromatic nitrogens is 1. The molecule has 0 bridgehead atoms. The predicted molar refractivity (Wildman–Crippen MR) is 52.5 cm³/mol. The molecule has 0 aliphatic heterocycles. The Morgan fingerprint density at radius 3 is 2.83 bits per heavy atom. The largest absolute Gasteiger partial charge is 0.264 e. The number of unbranched alkanes of at least 4 members (excludes halogenated alkanes) is 2. The summed E-state index contributed by atoms with van der Waals surface area (Å²) in [7, 11) is 0. The quantitative estimate of drug-likeness (QED) is 0.505. The summed E-state index contributed by atoms with van der Waals surface area (Å²) in [5.74, 6) is 0.785. The number of pyridine rings is 1. The molecular weight excluding hydrogens is 170 g/mol. The Hall–Kier alpha value is -0.560. The van der Waals surface area contributed by atoms with Crippen LogP contribution in [0.5, 0.6) is 0 Å². The van der Waals surface area contributed by atoms with Crippen LogP contribution in [-0.4, -0.2) is 10.9 Å². The number of halogens is 1. The number of aryl methyl sites for hydroxylation is 1. The maximum absolute atomic E-state index is 5.57. The first kappa shape index (κ1) is 9.53. The van der Waals surface area contributed by atoms with Gasteiger partial charge in [0.2, 0.25) is 0 Å². The van der Waals surface area contributed by atoms with E-state index in [0.29, 0.717) is 0 Å². The van der Waals surface area contributed by atoms with Gasteiger partial charge in [-0.3, -0.25) is 4.98 Å². The van der Waals surface area contributed by atoms with E-state index in [-0.39, 0.29) is 0 Å². The summed E-state index contributed by atoms with van der Waals surface area (Å²) in [6.45, 7) is 0. The molecule has 0 amide bonds. The van der Waals surface area contributed by atoms with Crippen LogP contribution in [0.3, 0.4) is 0 Å². The monoisotopic (exact) mass is 183 g/mol. The minimum Gasteiger partial charge on any atom is -0.264 e. The number of alkyl halides is 1. The van der Waals surface area contributed by atoms with Crippen molar-refractivity contribution >= 4 is 11.6 Å². The maximum Gasteiger partial charge on any atom is 0.0299 e. The third-order valence-electron chi connectivity index (χ3n) is 1.82. The number of hydrogen-bond donors (Lipinski definition) is 0. The van der Waals surface area contributed by atoms with Crippen molar-refractivity contribution in [2.75, 3.05) is 5.88 Å². The molecule has 12 heavy (non-hydrogen) atoms. The van der Waals surface area contributed by atoms with Gasteiger partial charge in [-0.2, -0.15) is 0 Å². The molecule has 2 heteroatoms. The van der Waals surface area contributed by atoms with E-state index >= 15 is 0 Å². The topological polar surface area (TPSA) is 12.9 Å². The highest BCUT2D eigenvalue weighted by molar-refractivity contribution is 6.17. The highest BCUT2D eigenvalue weighted by atomic mass is 35.5. The highest BCUT2D eigenvalue weighted by Crippen LogP contribution is 2.05. The van der Waals surface area contributed by atoms with Crippen molar-refractivity contribution in [2.24, 2.45) is 0 Å². The summed E-state index contributed by atoms with van der Waals surface area (Å²) in [6, 6.07) is 4.10. The standard InChI is InChI=1S/C10H14ClN/c11-7-3-1-2-5-10-6-4-8-12-9-10/h4,6,8-9H,1-3,5,7H2. The van der Waals surface area contributed by atoms with Crippen molar-refractivity contribution in [3.8, 4) is 0 Å². The van der Waals surface area contributed by atoms with E-state index in [9.17, 15) is 0 Å². The molecule has 0 spiro atoms. The molecule has 0 aromatic carbocycles. The van der Waals surface area contributed by atoms with Crippen LogP contribution in [0.4, 0.5) is 0 Å². The number of rotatable bonds is 5. The Labute approximate surface area is 78.8 Å². The van der Waals surface area contributed by atoms with Gasteiger partial charge in [0.25, 0.3) is 0 Å². The molecule has 0 N–H and O–H groups in total. The summed E-state index contributed by atoms with van der Waals surface area (Å²) >= 11 is 5.57. The van der Waals surface area contributed by atoms with E-state index in [4.69, 9.17) is 11.6 Å². The lowest BCUT2D eigenvalue weighted by Crippen LogP contribution is -1.86. The van der Waals surface area contributed by atoms with E-state index < -0.39 is 0 Å². The molecule has 0 fully saturated rings. The van der Waals surface area contributed by atoms with Crippen molar-refractivity contribution in [3.05, 3.63) is 30.1 Å². The lowest BCUT2D eigenvalue weighted by molar-refractivity contribution is 0.719. The Morgan fingerprint density at radius 2 is 2.17 bits per heavy atom. The van der Waals surface area contributed by atoms with Crippen LogP contribution in [0, 0.1) is 0 Å². The third kappa shape index (κ3) is 3.72. The Balaban J connectivity index is 2.16. The molecule has 0 unspecified atom stereocenters. The molecule has 0 radical (unpaired) electrons. The lowest BCUT2D eigenvalue weighted by Gasteiger charge is -1.98. The van der Waals surface area contributed by atoms with Crippen LogP contribution in [-0.2, 0) is 6.42 Å². The summed E-state index contributed by atoms with van der Waals surface area (Å²) in [4.78, 5) is 4.06.